The molecule has 1 amide bonds. The van der Waals surface area contributed by atoms with E-state index < -0.39 is 5.97 Å². The molecule has 3 heterocycles. The molecule has 10 heteroatoms. The first-order valence-corrected chi connectivity index (χ1v) is 15.4. The van der Waals surface area contributed by atoms with E-state index in [9.17, 15) is 19.6 Å². The van der Waals surface area contributed by atoms with E-state index in [0.717, 1.165) is 38.2 Å². The van der Waals surface area contributed by atoms with Crippen LogP contribution in [0.4, 0.5) is 5.82 Å². The SMILES string of the molecule is CCn1c(N2CCC(Cc3ccccc3)CC2)c(/C=C2/SC(=S)N(CCCCCC(=O)O)C2=O)c(C)c(C#N)c1=O. The Labute approximate surface area is 250 Å². The highest BCUT2D eigenvalue weighted by atomic mass is 32.2. The van der Waals surface area contributed by atoms with Gasteiger partial charge in [0.2, 0.25) is 0 Å². The summed E-state index contributed by atoms with van der Waals surface area (Å²) in [5, 5.41) is 18.7. The molecule has 2 aromatic rings. The quantitative estimate of drug-likeness (QED) is 0.211. The number of nitriles is 1. The van der Waals surface area contributed by atoms with E-state index in [-0.39, 0.29) is 23.5 Å². The molecular formula is C31H36N4O4S2. The Bertz CT molecular complexity index is 1440. The van der Waals surface area contributed by atoms with Crippen LogP contribution in [0, 0.1) is 24.2 Å². The van der Waals surface area contributed by atoms with Crippen LogP contribution in [0.5, 0.6) is 0 Å². The highest BCUT2D eigenvalue weighted by Crippen LogP contribution is 2.37. The normalized spacial score (nSPS) is 17.0. The number of carbonyl (C=O) groups excluding carboxylic acids is 1. The first-order chi connectivity index (χ1) is 19.7. The van der Waals surface area contributed by atoms with Gasteiger partial charge in [0.05, 0.1) is 4.91 Å². The first-order valence-electron chi connectivity index (χ1n) is 14.2. The van der Waals surface area contributed by atoms with Crippen LogP contribution < -0.4 is 10.5 Å². The maximum Gasteiger partial charge on any atom is 0.303 e. The number of aliphatic carboxylic acids is 1. The Balaban J connectivity index is 1.60. The summed E-state index contributed by atoms with van der Waals surface area (Å²) in [6, 6.07) is 12.6. The maximum atomic E-state index is 13.4. The Morgan fingerprint density at radius 1 is 1.17 bits per heavy atom. The van der Waals surface area contributed by atoms with Crippen molar-refractivity contribution in [3.63, 3.8) is 0 Å². The van der Waals surface area contributed by atoms with Crippen LogP contribution in [0.15, 0.2) is 40.0 Å². The number of benzene rings is 1. The van der Waals surface area contributed by atoms with Crippen molar-refractivity contribution in [1.29, 1.82) is 5.26 Å². The molecule has 0 atom stereocenters. The summed E-state index contributed by atoms with van der Waals surface area (Å²) in [7, 11) is 0. The lowest BCUT2D eigenvalue weighted by Gasteiger charge is -2.36. The molecule has 1 aromatic heterocycles. The molecule has 1 aromatic carbocycles. The third-order valence-electron chi connectivity index (χ3n) is 7.87. The van der Waals surface area contributed by atoms with Gasteiger partial charge in [0.25, 0.3) is 11.5 Å². The second-order valence-corrected chi connectivity index (χ2v) is 12.2. The van der Waals surface area contributed by atoms with Gasteiger partial charge in [-0.3, -0.25) is 23.9 Å². The number of carboxylic acids is 1. The summed E-state index contributed by atoms with van der Waals surface area (Å²) in [4.78, 5) is 41.8. The van der Waals surface area contributed by atoms with Gasteiger partial charge < -0.3 is 10.0 Å². The number of unbranched alkanes of at least 4 members (excludes halogenated alkanes) is 2. The van der Waals surface area contributed by atoms with Gasteiger partial charge in [-0.25, -0.2) is 0 Å². The van der Waals surface area contributed by atoms with Crippen molar-refractivity contribution in [2.24, 2.45) is 5.92 Å². The van der Waals surface area contributed by atoms with E-state index in [0.29, 0.717) is 58.6 Å². The molecule has 2 aliphatic rings. The number of anilines is 1. The van der Waals surface area contributed by atoms with Gasteiger partial charge in [-0.1, -0.05) is 60.7 Å². The largest absolute Gasteiger partial charge is 0.481 e. The number of amides is 1. The number of carboxylic acid groups (broad SMARTS) is 1. The van der Waals surface area contributed by atoms with Crippen LogP contribution in [0.2, 0.25) is 0 Å². The number of hydrogen-bond donors (Lipinski definition) is 1. The number of thioether (sulfide) groups is 1. The minimum Gasteiger partial charge on any atom is -0.481 e. The monoisotopic (exact) mass is 592 g/mol. The molecular weight excluding hydrogens is 556 g/mol. The minimum atomic E-state index is -0.824. The topological polar surface area (TPSA) is 107 Å². The Morgan fingerprint density at radius 3 is 2.51 bits per heavy atom. The van der Waals surface area contributed by atoms with Gasteiger partial charge in [-0.2, -0.15) is 5.26 Å². The average molecular weight is 593 g/mol. The average Bonchev–Trinajstić information content (AvgIpc) is 3.22. The maximum absolute atomic E-state index is 13.4. The van der Waals surface area contributed by atoms with E-state index in [1.165, 1.54) is 17.3 Å². The fraction of sp³-hybridized carbons (Fsp3) is 0.452. The van der Waals surface area contributed by atoms with E-state index in [1.54, 1.807) is 22.5 Å². The number of aromatic nitrogens is 1. The van der Waals surface area contributed by atoms with Gasteiger partial charge >= 0.3 is 5.97 Å². The van der Waals surface area contributed by atoms with Crippen molar-refractivity contribution >= 4 is 52.1 Å². The Kier molecular flexibility index (Phi) is 10.4. The number of piperidine rings is 1. The molecule has 0 aliphatic carbocycles. The first kappa shape index (κ1) is 30.5. The van der Waals surface area contributed by atoms with Crippen molar-refractivity contribution in [1.82, 2.24) is 9.47 Å². The van der Waals surface area contributed by atoms with Crippen molar-refractivity contribution in [2.75, 3.05) is 24.5 Å². The van der Waals surface area contributed by atoms with Crippen molar-refractivity contribution < 1.29 is 14.7 Å². The third-order valence-corrected chi connectivity index (χ3v) is 9.24. The summed E-state index contributed by atoms with van der Waals surface area (Å²) in [6.07, 6.45) is 6.81. The predicted octanol–water partition coefficient (Wildman–Crippen LogP) is 5.35. The summed E-state index contributed by atoms with van der Waals surface area (Å²) >= 11 is 6.75. The lowest BCUT2D eigenvalue weighted by atomic mass is 9.90. The number of hydrogen-bond acceptors (Lipinski definition) is 7. The van der Waals surface area contributed by atoms with Crippen LogP contribution >= 0.6 is 24.0 Å². The summed E-state index contributed by atoms with van der Waals surface area (Å²) in [5.74, 6) is 0.282. The zero-order valence-corrected chi connectivity index (χ0v) is 25.2. The fourth-order valence-electron chi connectivity index (χ4n) is 5.62. The summed E-state index contributed by atoms with van der Waals surface area (Å²) in [5.41, 5.74) is 2.40. The van der Waals surface area contributed by atoms with Crippen LogP contribution in [0.25, 0.3) is 6.08 Å². The zero-order valence-electron chi connectivity index (χ0n) is 23.6. The molecule has 2 aliphatic heterocycles. The summed E-state index contributed by atoms with van der Waals surface area (Å²) < 4.78 is 2.13. The Hall–Kier alpha value is -3.42. The molecule has 0 radical (unpaired) electrons. The zero-order chi connectivity index (χ0) is 29.5. The number of nitrogens with zero attached hydrogens (tertiary/aromatic N) is 4. The molecule has 0 saturated carbocycles. The second-order valence-electron chi connectivity index (χ2n) is 10.6. The number of rotatable bonds is 11. The standard InChI is InChI=1S/C31H36N4O4S2/c1-3-34-28(33-16-13-23(14-17-33)18-22-10-6-4-7-11-22)24(21(2)25(20-32)29(34)38)19-26-30(39)35(31(40)41-26)15-9-5-8-12-27(36)37/h4,6-7,10-11,19,23H,3,5,8-9,12-18H2,1-2H3,(H,36,37)/b26-19+. The van der Waals surface area contributed by atoms with Crippen molar-refractivity contribution in [3.05, 3.63) is 67.8 Å². The van der Waals surface area contributed by atoms with Gasteiger partial charge in [0.15, 0.2) is 0 Å². The Morgan fingerprint density at radius 2 is 1.88 bits per heavy atom. The molecule has 0 bridgehead atoms. The van der Waals surface area contributed by atoms with Gasteiger partial charge in [-0.05, 0) is 69.1 Å². The van der Waals surface area contributed by atoms with E-state index in [4.69, 9.17) is 17.3 Å². The van der Waals surface area contributed by atoms with Crippen LogP contribution in [0.3, 0.4) is 0 Å². The molecule has 8 nitrogen and oxygen atoms in total. The van der Waals surface area contributed by atoms with Gasteiger partial charge in [-0.15, -0.1) is 0 Å². The summed E-state index contributed by atoms with van der Waals surface area (Å²) in [6.45, 7) is 6.07. The molecule has 4 rings (SSSR count). The minimum absolute atomic E-state index is 0.0923. The number of pyridine rings is 1. The smallest absolute Gasteiger partial charge is 0.303 e. The molecule has 1 N–H and O–H groups in total. The molecule has 0 unspecified atom stereocenters. The van der Waals surface area contributed by atoms with Crippen LogP contribution in [-0.4, -0.2) is 50.4 Å². The van der Waals surface area contributed by atoms with Gasteiger partial charge in [0.1, 0.15) is 21.8 Å². The number of thiocarbonyl (C=S) groups is 1. The van der Waals surface area contributed by atoms with E-state index in [1.807, 2.05) is 13.0 Å². The molecule has 41 heavy (non-hydrogen) atoms. The third kappa shape index (κ3) is 7.08. The lowest BCUT2D eigenvalue weighted by Crippen LogP contribution is -2.39. The lowest BCUT2D eigenvalue weighted by molar-refractivity contribution is -0.137. The molecule has 216 valence electrons. The van der Waals surface area contributed by atoms with Crippen LogP contribution in [0.1, 0.15) is 67.7 Å². The van der Waals surface area contributed by atoms with E-state index >= 15 is 0 Å². The predicted molar refractivity (Wildman–Crippen MR) is 167 cm³/mol. The molecule has 2 saturated heterocycles. The van der Waals surface area contributed by atoms with Crippen LogP contribution in [-0.2, 0) is 22.6 Å². The fourth-order valence-corrected chi connectivity index (χ4v) is 6.91. The molecule has 0 spiro atoms. The second kappa shape index (κ2) is 14.0. The highest BCUT2D eigenvalue weighted by Gasteiger charge is 2.33. The molecule has 2 fully saturated rings. The highest BCUT2D eigenvalue weighted by molar-refractivity contribution is 8.26. The van der Waals surface area contributed by atoms with Gasteiger partial charge in [0, 0.05) is 38.2 Å². The van der Waals surface area contributed by atoms with Crippen molar-refractivity contribution in [3.8, 4) is 6.07 Å². The van der Waals surface area contributed by atoms with Crippen molar-refractivity contribution in [2.45, 2.75) is 65.3 Å². The number of carbonyl (C=O) groups is 2. The van der Waals surface area contributed by atoms with E-state index in [2.05, 4.69) is 35.2 Å².